The Labute approximate surface area is 114 Å². The van der Waals surface area contributed by atoms with Crippen LogP contribution in [0, 0.1) is 27.9 Å². The highest BCUT2D eigenvalue weighted by Gasteiger charge is 2.28. The van der Waals surface area contributed by atoms with Crippen LogP contribution in [0.2, 0.25) is 0 Å². The minimum atomic E-state index is -0.367. The monoisotopic (exact) mass is 264 g/mol. The van der Waals surface area contributed by atoms with Crippen LogP contribution in [-0.2, 0) is 0 Å². The quantitative estimate of drug-likeness (QED) is 0.466. The van der Waals surface area contributed by atoms with Gasteiger partial charge in [-0.05, 0) is 42.5 Å². The number of aliphatic imine (C=N–C) groups is 1. The largest absolute Gasteiger partial charge is 0.369 e. The maximum Gasteiger partial charge on any atom is 0.369 e. The molecule has 0 radical (unpaired) electrons. The summed E-state index contributed by atoms with van der Waals surface area (Å²) in [4.78, 5) is 16.3. The van der Waals surface area contributed by atoms with Gasteiger partial charge in [-0.1, -0.05) is 12.8 Å². The number of quaternary nitrogens is 1. The van der Waals surface area contributed by atoms with Gasteiger partial charge < -0.3 is 15.0 Å². The van der Waals surface area contributed by atoms with Gasteiger partial charge in [0.1, 0.15) is 6.54 Å². The fourth-order valence-corrected chi connectivity index (χ4v) is 2.05. The Hall–Kier alpha value is -1.67. The van der Waals surface area contributed by atoms with Crippen LogP contribution in [0.4, 0.5) is 0 Å². The highest BCUT2D eigenvalue weighted by Crippen LogP contribution is 2.22. The van der Waals surface area contributed by atoms with Crippen LogP contribution in [0.1, 0.15) is 33.6 Å². The first-order valence-corrected chi connectivity index (χ1v) is 6.68. The Kier molecular flexibility index (Phi) is 5.71. The summed E-state index contributed by atoms with van der Waals surface area (Å²) in [7, 11) is 2.04. The molecule has 0 saturated heterocycles. The van der Waals surface area contributed by atoms with E-state index in [0.717, 1.165) is 25.0 Å². The van der Waals surface area contributed by atoms with Crippen molar-refractivity contribution in [3.63, 3.8) is 0 Å². The normalized spacial score (nSPS) is 21.1. The molecule has 0 bridgehead atoms. The van der Waals surface area contributed by atoms with Crippen LogP contribution < -0.4 is 4.90 Å². The topological polar surface area (TPSA) is 59.9 Å². The second-order valence-corrected chi connectivity index (χ2v) is 4.98. The number of hydrogen-bond acceptors (Lipinski definition) is 3. The Morgan fingerprint density at radius 1 is 1.58 bits per heavy atom. The van der Waals surface area contributed by atoms with Crippen molar-refractivity contribution in [1.29, 1.82) is 0 Å². The molecule has 0 spiro atoms. The summed E-state index contributed by atoms with van der Waals surface area (Å²) >= 11 is 0. The lowest BCUT2D eigenvalue weighted by atomic mass is 9.98. The van der Waals surface area contributed by atoms with Crippen molar-refractivity contribution >= 4 is 5.71 Å². The van der Waals surface area contributed by atoms with Gasteiger partial charge >= 0.3 is 5.82 Å². The molecule has 2 atom stereocenters. The lowest BCUT2D eigenvalue weighted by Crippen LogP contribution is -3.08. The van der Waals surface area contributed by atoms with E-state index in [9.17, 15) is 10.1 Å². The van der Waals surface area contributed by atoms with Crippen LogP contribution in [0.3, 0.4) is 0 Å². The lowest BCUT2D eigenvalue weighted by Gasteiger charge is -2.13. The van der Waals surface area contributed by atoms with Gasteiger partial charge in [0.05, 0.1) is 19.2 Å². The van der Waals surface area contributed by atoms with E-state index in [1.54, 1.807) is 6.92 Å². The number of hydrogen-bond donors (Lipinski definition) is 1. The molecule has 19 heavy (non-hydrogen) atoms. The Morgan fingerprint density at radius 2 is 2.26 bits per heavy atom. The summed E-state index contributed by atoms with van der Waals surface area (Å²) in [6.07, 6.45) is 1.60. The molecule has 0 amide bonds. The van der Waals surface area contributed by atoms with Gasteiger partial charge in [0.25, 0.3) is 0 Å². The first kappa shape index (κ1) is 15.4. The molecule has 1 aliphatic rings. The smallest absolute Gasteiger partial charge is 0.358 e. The molecule has 104 valence electrons. The molecule has 0 fully saturated rings. The molecular formula is C14H22N3O2+. The minimum Gasteiger partial charge on any atom is -0.358 e. The molecule has 1 N–H and O–H groups in total. The summed E-state index contributed by atoms with van der Waals surface area (Å²) in [5, 5.41) is 11.2. The Balaban J connectivity index is 3.17. The summed E-state index contributed by atoms with van der Waals surface area (Å²) in [5.41, 5.74) is 1.47. The average Bonchev–Trinajstić information content (AvgIpc) is 2.52. The second-order valence-electron chi connectivity index (χ2n) is 4.98. The van der Waals surface area contributed by atoms with Gasteiger partial charge in [-0.15, -0.1) is 0 Å². The van der Waals surface area contributed by atoms with Crippen molar-refractivity contribution in [2.75, 3.05) is 20.1 Å². The number of rotatable bonds is 4. The highest BCUT2D eigenvalue weighted by atomic mass is 16.6. The molecule has 0 aliphatic carbocycles. The van der Waals surface area contributed by atoms with E-state index in [4.69, 9.17) is 0 Å². The standard InChI is InChI=1S/C14H21N3O2/c1-5-7-13-11(3)8-9-12(10-16(4)6-2)14(15-13)17(18)19/h11H,6,8-10H2,1-4H3/p+1. The van der Waals surface area contributed by atoms with Crippen LogP contribution in [0.5, 0.6) is 0 Å². The molecular weight excluding hydrogens is 242 g/mol. The zero-order chi connectivity index (χ0) is 14.4. The summed E-state index contributed by atoms with van der Waals surface area (Å²) in [6.45, 7) is 7.44. The summed E-state index contributed by atoms with van der Waals surface area (Å²) in [5.74, 6) is 5.88. The number of nitro groups is 1. The SMILES string of the molecule is CC#CC1=NC([N+](=O)[O-])=C(C[NH+](C)CC)CCC1C. The highest BCUT2D eigenvalue weighted by molar-refractivity contribution is 6.02. The zero-order valence-corrected chi connectivity index (χ0v) is 12.1. The summed E-state index contributed by atoms with van der Waals surface area (Å²) < 4.78 is 0. The van der Waals surface area contributed by atoms with E-state index in [0.29, 0.717) is 12.3 Å². The van der Waals surface area contributed by atoms with E-state index in [1.165, 1.54) is 4.90 Å². The first-order valence-electron chi connectivity index (χ1n) is 6.68. The van der Waals surface area contributed by atoms with Crippen molar-refractivity contribution in [3.8, 4) is 11.8 Å². The van der Waals surface area contributed by atoms with Crippen LogP contribution >= 0.6 is 0 Å². The maximum atomic E-state index is 11.2. The average molecular weight is 264 g/mol. The van der Waals surface area contributed by atoms with E-state index in [-0.39, 0.29) is 16.7 Å². The molecule has 0 aromatic heterocycles. The van der Waals surface area contributed by atoms with E-state index >= 15 is 0 Å². The third-order valence-electron chi connectivity index (χ3n) is 3.43. The summed E-state index contributed by atoms with van der Waals surface area (Å²) in [6, 6.07) is 0. The molecule has 5 heteroatoms. The Bertz CT molecular complexity index is 469. The van der Waals surface area contributed by atoms with E-state index in [1.807, 2.05) is 14.0 Å². The first-order chi connectivity index (χ1) is 8.99. The molecule has 0 aromatic rings. The lowest BCUT2D eigenvalue weighted by molar-refractivity contribution is -0.872. The zero-order valence-electron chi connectivity index (χ0n) is 12.1. The van der Waals surface area contributed by atoms with Crippen LogP contribution in [0.15, 0.2) is 16.4 Å². The van der Waals surface area contributed by atoms with Gasteiger partial charge in [0, 0.05) is 5.92 Å². The number of nitrogens with zero attached hydrogens (tertiary/aromatic N) is 2. The van der Waals surface area contributed by atoms with Crippen LogP contribution in [-0.4, -0.2) is 30.8 Å². The molecule has 5 nitrogen and oxygen atoms in total. The predicted octanol–water partition coefficient (Wildman–Crippen LogP) is 0.903. The molecule has 0 aromatic carbocycles. The van der Waals surface area contributed by atoms with Gasteiger partial charge in [0.2, 0.25) is 5.71 Å². The van der Waals surface area contributed by atoms with E-state index < -0.39 is 0 Å². The van der Waals surface area contributed by atoms with Gasteiger partial charge in [-0.3, -0.25) is 0 Å². The third-order valence-corrected chi connectivity index (χ3v) is 3.43. The molecule has 1 aliphatic heterocycles. The fraction of sp³-hybridized carbons (Fsp3) is 0.643. The van der Waals surface area contributed by atoms with Crippen molar-refractivity contribution < 1.29 is 9.82 Å². The van der Waals surface area contributed by atoms with Gasteiger partial charge in [-0.2, -0.15) is 0 Å². The fourth-order valence-electron chi connectivity index (χ4n) is 2.05. The third kappa shape index (κ3) is 4.18. The molecule has 1 heterocycles. The van der Waals surface area contributed by atoms with Crippen molar-refractivity contribution in [2.24, 2.45) is 10.9 Å². The van der Waals surface area contributed by atoms with E-state index in [2.05, 4.69) is 23.8 Å². The van der Waals surface area contributed by atoms with Crippen molar-refractivity contribution in [2.45, 2.75) is 33.6 Å². The molecule has 0 saturated carbocycles. The van der Waals surface area contributed by atoms with Gasteiger partial charge in [-0.25, -0.2) is 0 Å². The number of nitrogens with one attached hydrogen (secondary N) is 1. The number of likely N-dealkylation sites (N-methyl/N-ethyl adjacent to an activating group) is 1. The van der Waals surface area contributed by atoms with Crippen LogP contribution in [0.25, 0.3) is 0 Å². The minimum absolute atomic E-state index is 0.00917. The predicted molar refractivity (Wildman–Crippen MR) is 75.6 cm³/mol. The van der Waals surface area contributed by atoms with Gasteiger partial charge in [0.15, 0.2) is 0 Å². The van der Waals surface area contributed by atoms with Crippen molar-refractivity contribution in [3.05, 3.63) is 21.5 Å². The molecule has 1 rings (SSSR count). The van der Waals surface area contributed by atoms with Crippen molar-refractivity contribution in [1.82, 2.24) is 0 Å². The Morgan fingerprint density at radius 3 is 2.79 bits per heavy atom. The molecule has 2 unspecified atom stereocenters. The maximum absolute atomic E-state index is 11.2. The second kappa shape index (κ2) is 7.05.